The van der Waals surface area contributed by atoms with Gasteiger partial charge in [-0.2, -0.15) is 0 Å². The highest BCUT2D eigenvalue weighted by Crippen LogP contribution is 2.30. The molecule has 0 bridgehead atoms. The van der Waals surface area contributed by atoms with Crippen LogP contribution in [0.5, 0.6) is 11.5 Å². The molecule has 0 atom stereocenters. The zero-order valence-corrected chi connectivity index (χ0v) is 25.0. The molecule has 0 aromatic heterocycles. The molecule has 0 fully saturated rings. The summed E-state index contributed by atoms with van der Waals surface area (Å²) in [5.74, 6) is 1.56. The van der Waals surface area contributed by atoms with Crippen molar-refractivity contribution in [1.29, 1.82) is 0 Å². The third-order valence-corrected chi connectivity index (χ3v) is 6.66. The van der Waals surface area contributed by atoms with Gasteiger partial charge < -0.3 is 19.3 Å². The Bertz CT molecular complexity index is 1340. The normalized spacial score (nSPS) is 12.0. The number of Topliss-reactive ketones (excluding diaryl/α,β-unsaturated/α-hetero) is 1. The molecule has 4 rings (SSSR count). The fourth-order valence-corrected chi connectivity index (χ4v) is 4.29. The number of hydrogen-bond donors (Lipinski definition) is 0. The summed E-state index contributed by atoms with van der Waals surface area (Å²) in [6, 6.07) is 35.4. The van der Waals surface area contributed by atoms with Crippen LogP contribution in [0.1, 0.15) is 22.3 Å². The quantitative estimate of drug-likeness (QED) is 0.124. The van der Waals surface area contributed by atoms with Gasteiger partial charge in [-0.3, -0.25) is 4.79 Å². The van der Waals surface area contributed by atoms with Crippen LogP contribution in [0, 0.1) is 0 Å². The Hall–Kier alpha value is -4.45. The van der Waals surface area contributed by atoms with Crippen molar-refractivity contribution < 1.29 is 14.3 Å². The molecule has 216 valence electrons. The number of allylic oxidation sites excluding steroid dienone is 2. The largest absolute Gasteiger partial charge is 0.492 e. The zero-order valence-electron chi connectivity index (χ0n) is 25.0. The van der Waals surface area contributed by atoms with Gasteiger partial charge in [-0.1, -0.05) is 84.9 Å². The molecule has 4 aromatic carbocycles. The third-order valence-electron chi connectivity index (χ3n) is 6.66. The van der Waals surface area contributed by atoms with Gasteiger partial charge >= 0.3 is 0 Å². The maximum absolute atomic E-state index is 14.4. The molecule has 0 spiro atoms. The van der Waals surface area contributed by atoms with Crippen LogP contribution in [0.15, 0.2) is 109 Å². The average molecular weight is 561 g/mol. The minimum atomic E-state index is -0.0509. The van der Waals surface area contributed by atoms with Gasteiger partial charge in [-0.15, -0.1) is 0 Å². The third kappa shape index (κ3) is 9.30. The first-order valence-electron chi connectivity index (χ1n) is 14.2. The molecule has 0 amide bonds. The molecule has 5 heteroatoms. The maximum Gasteiger partial charge on any atom is 0.194 e. The molecule has 5 nitrogen and oxygen atoms in total. The Labute approximate surface area is 250 Å². The highest BCUT2D eigenvalue weighted by atomic mass is 16.5. The molecular formula is C37H40N2O3. The minimum Gasteiger partial charge on any atom is -0.492 e. The van der Waals surface area contributed by atoms with E-state index in [1.807, 2.05) is 150 Å². The predicted molar refractivity (Wildman–Crippen MR) is 175 cm³/mol. The van der Waals surface area contributed by atoms with Crippen molar-refractivity contribution in [2.45, 2.75) is 0 Å². The lowest BCUT2D eigenvalue weighted by Gasteiger charge is -2.13. The molecule has 0 aliphatic heterocycles. The van der Waals surface area contributed by atoms with Crippen LogP contribution in [0.4, 0.5) is 0 Å². The molecule has 0 heterocycles. The highest BCUT2D eigenvalue weighted by molar-refractivity contribution is 6.46. The molecule has 0 aliphatic carbocycles. The van der Waals surface area contributed by atoms with Gasteiger partial charge in [0.15, 0.2) is 5.78 Å². The standard InChI is InChI=1S/C37H40N2O3/c1-38(2)23-25-41-33-19-15-29(16-20-33)27-35(31-11-7-5-8-12-31)37(40)36(32-13-9-6-10-14-32)28-30-17-21-34(22-18-30)42-26-24-39(3)4/h5-22,27-28H,23-26H2,1-4H3. The van der Waals surface area contributed by atoms with Gasteiger partial charge in [0.1, 0.15) is 24.7 Å². The zero-order chi connectivity index (χ0) is 29.7. The molecule has 0 saturated carbocycles. The van der Waals surface area contributed by atoms with E-state index in [9.17, 15) is 4.79 Å². The van der Waals surface area contributed by atoms with Crippen molar-refractivity contribution in [2.24, 2.45) is 0 Å². The Balaban J connectivity index is 1.67. The Morgan fingerprint density at radius 1 is 0.548 bits per heavy atom. The van der Waals surface area contributed by atoms with E-state index in [1.54, 1.807) is 0 Å². The Morgan fingerprint density at radius 3 is 1.24 bits per heavy atom. The number of benzene rings is 4. The van der Waals surface area contributed by atoms with Crippen LogP contribution in [0.25, 0.3) is 23.3 Å². The van der Waals surface area contributed by atoms with E-state index >= 15 is 0 Å². The SMILES string of the molecule is CN(C)CCOc1ccc(C=C(C(=O)C(=Cc2ccc(OCCN(C)C)cc2)c2ccccc2)c2ccccc2)cc1. The van der Waals surface area contributed by atoms with Crippen LogP contribution in [0.2, 0.25) is 0 Å². The fourth-order valence-electron chi connectivity index (χ4n) is 4.29. The molecule has 4 aromatic rings. The van der Waals surface area contributed by atoms with Gasteiger partial charge in [0, 0.05) is 24.2 Å². The Kier molecular flexibility index (Phi) is 11.3. The number of nitrogens with zero attached hydrogens (tertiary/aromatic N) is 2. The summed E-state index contributed by atoms with van der Waals surface area (Å²) in [4.78, 5) is 18.6. The van der Waals surface area contributed by atoms with E-state index in [0.29, 0.717) is 24.4 Å². The van der Waals surface area contributed by atoms with E-state index in [1.165, 1.54) is 0 Å². The second kappa shape index (κ2) is 15.5. The number of carbonyl (C=O) groups excluding carboxylic acids is 1. The summed E-state index contributed by atoms with van der Waals surface area (Å²) >= 11 is 0. The average Bonchev–Trinajstić information content (AvgIpc) is 3.00. The lowest BCUT2D eigenvalue weighted by molar-refractivity contribution is -0.108. The van der Waals surface area contributed by atoms with Gasteiger partial charge in [0.25, 0.3) is 0 Å². The van der Waals surface area contributed by atoms with Crippen molar-refractivity contribution in [2.75, 3.05) is 54.5 Å². The topological polar surface area (TPSA) is 42.0 Å². The first-order chi connectivity index (χ1) is 20.4. The number of likely N-dealkylation sites (N-methyl/N-ethyl adjacent to an activating group) is 2. The molecule has 0 aliphatic rings. The van der Waals surface area contributed by atoms with Crippen LogP contribution in [-0.4, -0.2) is 70.1 Å². The fraction of sp³-hybridized carbons (Fsp3) is 0.216. The van der Waals surface area contributed by atoms with Gasteiger partial charge in [-0.05, 0) is 86.9 Å². The number of rotatable bonds is 14. The number of hydrogen-bond acceptors (Lipinski definition) is 5. The van der Waals surface area contributed by atoms with Crippen LogP contribution in [0.3, 0.4) is 0 Å². The first-order valence-corrected chi connectivity index (χ1v) is 14.2. The van der Waals surface area contributed by atoms with Gasteiger partial charge in [0.05, 0.1) is 0 Å². The Morgan fingerprint density at radius 2 is 0.905 bits per heavy atom. The molecule has 42 heavy (non-hydrogen) atoms. The van der Waals surface area contributed by atoms with Crippen LogP contribution in [-0.2, 0) is 4.79 Å². The van der Waals surface area contributed by atoms with Crippen LogP contribution < -0.4 is 9.47 Å². The molecular weight excluding hydrogens is 520 g/mol. The van der Waals surface area contributed by atoms with E-state index < -0.39 is 0 Å². The molecule has 0 radical (unpaired) electrons. The van der Waals surface area contributed by atoms with Gasteiger partial charge in [-0.25, -0.2) is 0 Å². The monoisotopic (exact) mass is 560 g/mol. The summed E-state index contributed by atoms with van der Waals surface area (Å²) in [5, 5.41) is 0. The molecule has 0 unspecified atom stereocenters. The lowest BCUT2D eigenvalue weighted by Crippen LogP contribution is -2.19. The summed E-state index contributed by atoms with van der Waals surface area (Å²) < 4.78 is 11.7. The summed E-state index contributed by atoms with van der Waals surface area (Å²) in [5.41, 5.74) is 4.81. The predicted octanol–water partition coefficient (Wildman–Crippen LogP) is 6.92. The van der Waals surface area contributed by atoms with Crippen molar-refractivity contribution >= 4 is 29.1 Å². The van der Waals surface area contributed by atoms with E-state index in [2.05, 4.69) is 9.80 Å². The van der Waals surface area contributed by atoms with Crippen molar-refractivity contribution in [3.8, 4) is 11.5 Å². The van der Waals surface area contributed by atoms with Crippen molar-refractivity contribution in [3.05, 3.63) is 131 Å². The van der Waals surface area contributed by atoms with Crippen LogP contribution >= 0.6 is 0 Å². The lowest BCUT2D eigenvalue weighted by atomic mass is 9.90. The number of ketones is 1. The summed E-state index contributed by atoms with van der Waals surface area (Å²) in [7, 11) is 8.09. The maximum atomic E-state index is 14.4. The van der Waals surface area contributed by atoms with Gasteiger partial charge in [0.2, 0.25) is 0 Å². The smallest absolute Gasteiger partial charge is 0.194 e. The highest BCUT2D eigenvalue weighted by Gasteiger charge is 2.19. The van der Waals surface area contributed by atoms with E-state index in [-0.39, 0.29) is 5.78 Å². The second-order valence-corrected chi connectivity index (χ2v) is 10.6. The summed E-state index contributed by atoms with van der Waals surface area (Å²) in [6.45, 7) is 2.92. The minimum absolute atomic E-state index is 0.0509. The summed E-state index contributed by atoms with van der Waals surface area (Å²) in [6.07, 6.45) is 3.92. The first kappa shape index (κ1) is 30.5. The van der Waals surface area contributed by atoms with Crippen molar-refractivity contribution in [1.82, 2.24) is 9.80 Å². The molecule has 0 N–H and O–H groups in total. The second-order valence-electron chi connectivity index (χ2n) is 10.6. The van der Waals surface area contributed by atoms with Crippen molar-refractivity contribution in [3.63, 3.8) is 0 Å². The number of ether oxygens (including phenoxy) is 2. The van der Waals surface area contributed by atoms with E-state index in [4.69, 9.17) is 9.47 Å². The molecule has 0 saturated heterocycles. The number of carbonyl (C=O) groups is 1. The van der Waals surface area contributed by atoms with E-state index in [0.717, 1.165) is 46.8 Å².